The molecule has 0 aromatic heterocycles. The third kappa shape index (κ3) is 4.66. The summed E-state index contributed by atoms with van der Waals surface area (Å²) in [5.74, 6) is -1.52. The SMILES string of the molecule is CCOc1cccc(N2C(=O)[C@@H]3[C@@H](ON(c4cccc([N+](=O)[O-])c4)[C@H]3c3cc(Br)c(O)c(OCC)c3)C2=O)c1. The van der Waals surface area contributed by atoms with Gasteiger partial charge in [0.2, 0.25) is 5.91 Å². The van der Waals surface area contributed by atoms with Crippen LogP contribution < -0.4 is 19.4 Å². The molecule has 0 radical (unpaired) electrons. The molecule has 3 aromatic rings. The predicted molar refractivity (Wildman–Crippen MR) is 144 cm³/mol. The molecular weight excluding hydrogens is 574 g/mol. The van der Waals surface area contributed by atoms with E-state index in [0.29, 0.717) is 28.1 Å². The fourth-order valence-electron chi connectivity index (χ4n) is 4.88. The lowest BCUT2D eigenvalue weighted by Crippen LogP contribution is -2.37. The summed E-state index contributed by atoms with van der Waals surface area (Å²) < 4.78 is 11.4. The molecule has 0 unspecified atom stereocenters. The zero-order valence-corrected chi connectivity index (χ0v) is 22.5. The second-order valence-electron chi connectivity index (χ2n) is 8.82. The Morgan fingerprint density at radius 1 is 1.00 bits per heavy atom. The average molecular weight is 598 g/mol. The number of carbonyl (C=O) groups excluding carboxylic acids is 2. The van der Waals surface area contributed by atoms with Crippen LogP contribution in [0.15, 0.2) is 65.1 Å². The first-order valence-electron chi connectivity index (χ1n) is 12.2. The molecule has 3 aromatic carbocycles. The second-order valence-corrected chi connectivity index (χ2v) is 9.68. The highest BCUT2D eigenvalue weighted by atomic mass is 79.9. The van der Waals surface area contributed by atoms with Crippen molar-refractivity contribution < 1.29 is 33.9 Å². The molecule has 2 amide bonds. The molecule has 0 bridgehead atoms. The van der Waals surface area contributed by atoms with E-state index in [9.17, 15) is 24.8 Å². The van der Waals surface area contributed by atoms with E-state index in [1.165, 1.54) is 23.3 Å². The topological polar surface area (TPSA) is 132 Å². The number of carbonyl (C=O) groups is 2. The second kappa shape index (κ2) is 10.5. The minimum atomic E-state index is -1.19. The molecule has 2 aliphatic rings. The maximum absolute atomic E-state index is 13.9. The lowest BCUT2D eigenvalue weighted by atomic mass is 9.90. The number of non-ortho nitro benzene ring substituents is 1. The summed E-state index contributed by atoms with van der Waals surface area (Å²) in [5, 5.41) is 23.3. The van der Waals surface area contributed by atoms with E-state index >= 15 is 0 Å². The van der Waals surface area contributed by atoms with Crippen molar-refractivity contribution in [1.29, 1.82) is 0 Å². The summed E-state index contributed by atoms with van der Waals surface area (Å²) in [6.45, 7) is 4.28. The van der Waals surface area contributed by atoms with Gasteiger partial charge in [0.05, 0.1) is 40.0 Å². The van der Waals surface area contributed by atoms with E-state index in [4.69, 9.17) is 14.3 Å². The van der Waals surface area contributed by atoms with Gasteiger partial charge in [0, 0.05) is 18.2 Å². The van der Waals surface area contributed by atoms with Crippen molar-refractivity contribution in [3.8, 4) is 17.2 Å². The van der Waals surface area contributed by atoms with Crippen LogP contribution >= 0.6 is 15.9 Å². The van der Waals surface area contributed by atoms with Crippen LogP contribution in [0.1, 0.15) is 25.5 Å². The smallest absolute Gasteiger partial charge is 0.271 e. The van der Waals surface area contributed by atoms with Crippen molar-refractivity contribution in [2.24, 2.45) is 5.92 Å². The van der Waals surface area contributed by atoms with Crippen LogP contribution in [-0.4, -0.2) is 41.2 Å². The third-order valence-corrected chi connectivity index (χ3v) is 7.09. The number of hydrogen-bond acceptors (Lipinski definition) is 9. The summed E-state index contributed by atoms with van der Waals surface area (Å²) in [6.07, 6.45) is -1.19. The molecule has 0 spiro atoms. The normalized spacial score (nSPS) is 20.3. The number of rotatable bonds is 8. The molecule has 5 rings (SSSR count). The monoisotopic (exact) mass is 597 g/mol. The first-order valence-corrected chi connectivity index (χ1v) is 13.0. The fraction of sp³-hybridized carbons (Fsp3) is 0.259. The molecule has 2 fully saturated rings. The van der Waals surface area contributed by atoms with Crippen molar-refractivity contribution in [2.45, 2.75) is 26.0 Å². The number of phenols is 1. The summed E-state index contributed by atoms with van der Waals surface area (Å²) in [7, 11) is 0. The number of aromatic hydroxyl groups is 1. The van der Waals surface area contributed by atoms with Crippen LogP contribution in [0.25, 0.3) is 0 Å². The van der Waals surface area contributed by atoms with E-state index in [2.05, 4.69) is 15.9 Å². The predicted octanol–water partition coefficient (Wildman–Crippen LogP) is 4.91. The number of ether oxygens (including phenoxy) is 2. The van der Waals surface area contributed by atoms with Crippen LogP contribution in [0, 0.1) is 16.0 Å². The van der Waals surface area contributed by atoms with Gasteiger partial charge in [0.1, 0.15) is 11.7 Å². The van der Waals surface area contributed by atoms with Crippen molar-refractivity contribution in [3.63, 3.8) is 0 Å². The van der Waals surface area contributed by atoms with Gasteiger partial charge in [0.25, 0.3) is 11.6 Å². The van der Waals surface area contributed by atoms with Gasteiger partial charge in [-0.2, -0.15) is 0 Å². The van der Waals surface area contributed by atoms with Crippen LogP contribution in [0.3, 0.4) is 0 Å². The van der Waals surface area contributed by atoms with Gasteiger partial charge in [-0.05, 0) is 65.7 Å². The Kier molecular flexibility index (Phi) is 7.15. The highest BCUT2D eigenvalue weighted by molar-refractivity contribution is 9.10. The molecule has 3 atom stereocenters. The average Bonchev–Trinajstić information content (AvgIpc) is 3.43. The Labute approximate surface area is 231 Å². The zero-order valence-electron chi connectivity index (χ0n) is 20.9. The molecule has 12 heteroatoms. The zero-order chi connectivity index (χ0) is 27.8. The minimum absolute atomic E-state index is 0.124. The van der Waals surface area contributed by atoms with Crippen molar-refractivity contribution >= 4 is 44.8 Å². The summed E-state index contributed by atoms with van der Waals surface area (Å²) in [4.78, 5) is 45.6. The van der Waals surface area contributed by atoms with E-state index in [1.54, 1.807) is 49.4 Å². The number of phenolic OH excluding ortho intramolecular Hbond substituents is 1. The maximum Gasteiger partial charge on any atom is 0.271 e. The number of halogens is 1. The molecule has 2 aliphatic heterocycles. The molecule has 11 nitrogen and oxygen atoms in total. The number of anilines is 2. The Balaban J connectivity index is 1.62. The number of hydroxylamine groups is 1. The highest BCUT2D eigenvalue weighted by Crippen LogP contribution is 2.50. The minimum Gasteiger partial charge on any atom is -0.503 e. The summed E-state index contributed by atoms with van der Waals surface area (Å²) in [6, 6.07) is 14.7. The number of imide groups is 1. The number of hydrogen-bond donors (Lipinski definition) is 1. The lowest BCUT2D eigenvalue weighted by molar-refractivity contribution is -0.384. The first kappa shape index (κ1) is 26.4. The maximum atomic E-state index is 13.9. The summed E-state index contributed by atoms with van der Waals surface area (Å²) in [5.41, 5.74) is 0.946. The van der Waals surface area contributed by atoms with Gasteiger partial charge < -0.3 is 14.6 Å². The van der Waals surface area contributed by atoms with Crippen molar-refractivity contribution in [2.75, 3.05) is 23.2 Å². The van der Waals surface area contributed by atoms with E-state index in [-0.39, 0.29) is 29.5 Å². The van der Waals surface area contributed by atoms with Gasteiger partial charge in [-0.1, -0.05) is 12.1 Å². The van der Waals surface area contributed by atoms with Crippen LogP contribution in [0.4, 0.5) is 17.1 Å². The van der Waals surface area contributed by atoms with Crippen LogP contribution in [-0.2, 0) is 14.4 Å². The Bertz CT molecular complexity index is 1460. The largest absolute Gasteiger partial charge is 0.503 e. The molecular formula is C27H24BrN3O8. The van der Waals surface area contributed by atoms with Gasteiger partial charge in [0.15, 0.2) is 17.6 Å². The van der Waals surface area contributed by atoms with Crippen molar-refractivity contribution in [3.05, 3.63) is 80.8 Å². The van der Waals surface area contributed by atoms with Gasteiger partial charge in [-0.25, -0.2) is 9.96 Å². The number of nitrogens with zero attached hydrogens (tertiary/aromatic N) is 3. The number of fused-ring (bicyclic) bond motifs is 1. The quantitative estimate of drug-likeness (QED) is 0.218. The molecule has 2 saturated heterocycles. The summed E-state index contributed by atoms with van der Waals surface area (Å²) >= 11 is 3.34. The molecule has 202 valence electrons. The number of benzene rings is 3. The Hall–Kier alpha value is -4.16. The van der Waals surface area contributed by atoms with E-state index < -0.39 is 34.8 Å². The number of nitro benzene ring substituents is 1. The number of nitro groups is 1. The molecule has 2 heterocycles. The Morgan fingerprint density at radius 2 is 1.72 bits per heavy atom. The molecule has 1 N–H and O–H groups in total. The third-order valence-electron chi connectivity index (χ3n) is 6.49. The number of amides is 2. The highest BCUT2D eigenvalue weighted by Gasteiger charge is 2.60. The molecule has 0 saturated carbocycles. The fourth-order valence-corrected chi connectivity index (χ4v) is 5.34. The van der Waals surface area contributed by atoms with Gasteiger partial charge in [-0.15, -0.1) is 0 Å². The molecule has 0 aliphatic carbocycles. The first-order chi connectivity index (χ1) is 18.7. The van der Waals surface area contributed by atoms with Crippen LogP contribution in [0.5, 0.6) is 17.2 Å². The molecule has 39 heavy (non-hydrogen) atoms. The van der Waals surface area contributed by atoms with Crippen LogP contribution in [0.2, 0.25) is 0 Å². The van der Waals surface area contributed by atoms with Crippen molar-refractivity contribution in [1.82, 2.24) is 0 Å². The van der Waals surface area contributed by atoms with Gasteiger partial charge >= 0.3 is 0 Å². The lowest BCUT2D eigenvalue weighted by Gasteiger charge is -2.29. The van der Waals surface area contributed by atoms with E-state index in [0.717, 1.165) is 4.90 Å². The standard InChI is InChI=1S/C27H24BrN3O8/c1-3-37-19-10-6-7-16(14-19)29-26(33)22-23(15-11-20(28)24(32)21(12-15)38-4-2)30(39-25(22)27(29)34)17-8-5-9-18(13-17)31(35)36/h5-14,22-23,25,32H,3-4H2,1-2H3/t22-,23-,25+/m0/s1. The van der Waals surface area contributed by atoms with Gasteiger partial charge in [-0.3, -0.25) is 24.5 Å². The Morgan fingerprint density at radius 3 is 2.44 bits per heavy atom. The van der Waals surface area contributed by atoms with E-state index in [1.807, 2.05) is 6.92 Å².